The molecule has 0 aliphatic heterocycles. The summed E-state index contributed by atoms with van der Waals surface area (Å²) >= 11 is 0. The van der Waals surface area contributed by atoms with Crippen molar-refractivity contribution in [1.29, 1.82) is 0 Å². The summed E-state index contributed by atoms with van der Waals surface area (Å²) in [5.41, 5.74) is 0. The normalized spacial score (nSPS) is 16.3. The number of carboxylic acid groups (broad SMARTS) is 2. The van der Waals surface area contributed by atoms with Crippen molar-refractivity contribution >= 4 is 22.1 Å². The standard InChI is InChI=1S/C20H38O7S.2Na/c1-5-9-13-15(11-7-3)17(18(21)22)20(19(23)24,28(25,26)27)16(12-8-4)14-10-6-2;;/h15-17H,5-14H2,1-4H3,(H,21,22)(H,23,24)(H,25,26,27);;/q;2*+1/p-2. The number of carbonyl (C=O) groups is 2. The van der Waals surface area contributed by atoms with E-state index in [1.54, 1.807) is 6.92 Å². The molecule has 7 nitrogen and oxygen atoms in total. The maximum atomic E-state index is 12.5. The topological polar surface area (TPSA) is 135 Å². The van der Waals surface area contributed by atoms with Crippen LogP contribution in [0.4, 0.5) is 0 Å². The number of rotatable bonds is 16. The van der Waals surface area contributed by atoms with Gasteiger partial charge in [0.25, 0.3) is 10.1 Å². The third-order valence-electron chi connectivity index (χ3n) is 5.67. The van der Waals surface area contributed by atoms with Crippen LogP contribution in [0.5, 0.6) is 0 Å². The van der Waals surface area contributed by atoms with Crippen molar-refractivity contribution in [2.24, 2.45) is 17.8 Å². The van der Waals surface area contributed by atoms with Crippen molar-refractivity contribution in [2.75, 3.05) is 0 Å². The number of hydrogen-bond donors (Lipinski definition) is 1. The Morgan fingerprint density at radius 2 is 1.30 bits per heavy atom. The molecule has 0 spiro atoms. The van der Waals surface area contributed by atoms with Crippen LogP contribution in [0.25, 0.3) is 0 Å². The smallest absolute Gasteiger partial charge is 0.550 e. The predicted molar refractivity (Wildman–Crippen MR) is 104 cm³/mol. The van der Waals surface area contributed by atoms with Gasteiger partial charge in [0.15, 0.2) is 0 Å². The van der Waals surface area contributed by atoms with E-state index in [1.165, 1.54) is 0 Å². The van der Waals surface area contributed by atoms with Crippen LogP contribution >= 0.6 is 0 Å². The van der Waals surface area contributed by atoms with Crippen molar-refractivity contribution in [1.82, 2.24) is 0 Å². The zero-order chi connectivity index (χ0) is 22.0. The minimum Gasteiger partial charge on any atom is -0.550 e. The molecule has 0 aromatic carbocycles. The zero-order valence-electron chi connectivity index (χ0n) is 19.6. The van der Waals surface area contributed by atoms with Crippen LogP contribution in [-0.4, -0.2) is 29.7 Å². The van der Waals surface area contributed by atoms with Crippen molar-refractivity contribution in [2.45, 2.75) is 96.7 Å². The summed E-state index contributed by atoms with van der Waals surface area (Å²) in [5, 5.41) is 24.5. The van der Waals surface area contributed by atoms with Crippen LogP contribution in [-0.2, 0) is 19.7 Å². The van der Waals surface area contributed by atoms with Gasteiger partial charge < -0.3 is 19.8 Å². The van der Waals surface area contributed by atoms with Crippen LogP contribution < -0.4 is 69.3 Å². The van der Waals surface area contributed by atoms with Crippen molar-refractivity contribution in [3.05, 3.63) is 0 Å². The summed E-state index contributed by atoms with van der Waals surface area (Å²) in [6.07, 6.45) is 4.58. The van der Waals surface area contributed by atoms with Crippen LogP contribution in [0.2, 0.25) is 0 Å². The minimum absolute atomic E-state index is 0. The maximum absolute atomic E-state index is 12.5. The summed E-state index contributed by atoms with van der Waals surface area (Å²) < 4.78 is 32.3. The fraction of sp³-hybridized carbons (Fsp3) is 0.900. The molecule has 0 heterocycles. The first-order valence-corrected chi connectivity index (χ1v) is 11.9. The molecule has 0 rings (SSSR count). The van der Waals surface area contributed by atoms with Gasteiger partial charge in [-0.1, -0.05) is 72.6 Å². The molecule has 4 atom stereocenters. The zero-order valence-corrected chi connectivity index (χ0v) is 24.4. The summed E-state index contributed by atoms with van der Waals surface area (Å²) in [5.74, 6) is -7.48. The van der Waals surface area contributed by atoms with Gasteiger partial charge in [-0.25, -0.2) is 0 Å². The molecular formula is C20H36Na2O7S. The van der Waals surface area contributed by atoms with E-state index < -0.39 is 44.6 Å². The number of unbranched alkanes of at least 4 members (excludes halogenated alkanes) is 2. The molecule has 0 fully saturated rings. The van der Waals surface area contributed by atoms with E-state index in [-0.39, 0.29) is 72.0 Å². The fourth-order valence-corrected chi connectivity index (χ4v) is 5.91. The molecule has 0 radical (unpaired) electrons. The van der Waals surface area contributed by atoms with E-state index in [0.29, 0.717) is 44.9 Å². The number of aliphatic carboxylic acids is 2. The number of hydrogen-bond acceptors (Lipinski definition) is 6. The minimum atomic E-state index is -5.29. The second-order valence-electron chi connectivity index (χ2n) is 7.67. The SMILES string of the molecule is CCCCC(CCC)C(C(=O)[O-])C(C(=O)[O-])(C(CCC)CCCC)S(=O)(=O)O.[Na+].[Na+]. The van der Waals surface area contributed by atoms with Crippen LogP contribution in [0.3, 0.4) is 0 Å². The van der Waals surface area contributed by atoms with Gasteiger partial charge in [-0.2, -0.15) is 8.42 Å². The van der Waals surface area contributed by atoms with Crippen molar-refractivity contribution in [3.63, 3.8) is 0 Å². The molecule has 0 saturated heterocycles. The molecule has 0 amide bonds. The molecule has 0 aliphatic rings. The molecule has 0 aromatic rings. The van der Waals surface area contributed by atoms with Crippen molar-refractivity contribution in [3.8, 4) is 0 Å². The average molecular weight is 467 g/mol. The first-order chi connectivity index (χ1) is 13.1. The Bertz CT molecular complexity index is 598. The van der Waals surface area contributed by atoms with Crippen molar-refractivity contribution < 1.29 is 91.9 Å². The first-order valence-electron chi connectivity index (χ1n) is 10.4. The van der Waals surface area contributed by atoms with E-state index in [9.17, 15) is 32.8 Å². The van der Waals surface area contributed by atoms with Gasteiger partial charge in [0.1, 0.15) is 4.75 Å². The van der Waals surface area contributed by atoms with E-state index in [1.807, 2.05) is 20.8 Å². The van der Waals surface area contributed by atoms with E-state index in [2.05, 4.69) is 0 Å². The third-order valence-corrected chi connectivity index (χ3v) is 7.28. The molecule has 0 aromatic heterocycles. The van der Waals surface area contributed by atoms with Gasteiger partial charge in [-0.15, -0.1) is 0 Å². The molecule has 0 aliphatic carbocycles. The van der Waals surface area contributed by atoms with Gasteiger partial charge in [0, 0.05) is 11.9 Å². The summed E-state index contributed by atoms with van der Waals surface area (Å²) in [7, 11) is -5.29. The number of carboxylic acids is 2. The van der Waals surface area contributed by atoms with Gasteiger partial charge >= 0.3 is 59.1 Å². The second-order valence-corrected chi connectivity index (χ2v) is 9.30. The monoisotopic (exact) mass is 466 g/mol. The van der Waals surface area contributed by atoms with Crippen LogP contribution in [0.1, 0.15) is 91.9 Å². The van der Waals surface area contributed by atoms with Crippen LogP contribution in [0.15, 0.2) is 0 Å². The Hall–Kier alpha value is 0.850. The van der Waals surface area contributed by atoms with E-state index in [4.69, 9.17) is 0 Å². The molecular weight excluding hydrogens is 430 g/mol. The molecule has 30 heavy (non-hydrogen) atoms. The van der Waals surface area contributed by atoms with Gasteiger partial charge in [-0.05, 0) is 31.1 Å². The average Bonchev–Trinajstić information content (AvgIpc) is 2.59. The van der Waals surface area contributed by atoms with Crippen LogP contribution in [0, 0.1) is 17.8 Å². The molecule has 166 valence electrons. The number of carbonyl (C=O) groups excluding carboxylic acids is 2. The Balaban J connectivity index is -0.00000364. The molecule has 4 unspecified atom stereocenters. The quantitative estimate of drug-likeness (QED) is 0.181. The molecule has 10 heteroatoms. The largest absolute Gasteiger partial charge is 1.00 e. The van der Waals surface area contributed by atoms with E-state index in [0.717, 1.165) is 6.42 Å². The Labute approximate surface area is 226 Å². The fourth-order valence-electron chi connectivity index (χ4n) is 4.43. The Morgan fingerprint density at radius 1 is 0.833 bits per heavy atom. The Morgan fingerprint density at radius 3 is 1.63 bits per heavy atom. The maximum Gasteiger partial charge on any atom is 1.00 e. The molecule has 0 bridgehead atoms. The third kappa shape index (κ3) is 9.00. The van der Waals surface area contributed by atoms with E-state index >= 15 is 0 Å². The van der Waals surface area contributed by atoms with Gasteiger partial charge in [0.05, 0.1) is 5.97 Å². The van der Waals surface area contributed by atoms with Gasteiger partial charge in [-0.3, -0.25) is 4.55 Å². The summed E-state index contributed by atoms with van der Waals surface area (Å²) in [6.45, 7) is 7.36. The summed E-state index contributed by atoms with van der Waals surface area (Å²) in [6, 6.07) is 0. The second kappa shape index (κ2) is 17.3. The predicted octanol–water partition coefficient (Wildman–Crippen LogP) is -4.05. The first kappa shape index (κ1) is 35.4. The molecule has 1 N–H and O–H groups in total. The Kier molecular flexibility index (Phi) is 20.5. The van der Waals surface area contributed by atoms with Gasteiger partial charge in [0.2, 0.25) is 0 Å². The molecule has 0 saturated carbocycles. The summed E-state index contributed by atoms with van der Waals surface area (Å²) in [4.78, 5) is 24.5.